The molecule has 2 N–H and O–H groups in total. The lowest BCUT2D eigenvalue weighted by molar-refractivity contribution is 0.119. The van der Waals surface area contributed by atoms with Gasteiger partial charge >= 0.3 is 0 Å². The molecule has 0 unspecified atom stereocenters. The van der Waals surface area contributed by atoms with Crippen LogP contribution in [0.15, 0.2) is 10.3 Å². The van der Waals surface area contributed by atoms with Crippen LogP contribution in [0.5, 0.6) is 0 Å². The molecule has 0 aromatic heterocycles. The van der Waals surface area contributed by atoms with Gasteiger partial charge in [0.05, 0.1) is 23.5 Å². The van der Waals surface area contributed by atoms with E-state index in [1.807, 2.05) is 0 Å². The average molecular weight is 457 g/mol. The van der Waals surface area contributed by atoms with E-state index in [0.717, 1.165) is 35.1 Å². The van der Waals surface area contributed by atoms with Gasteiger partial charge in [0.15, 0.2) is 0 Å². The summed E-state index contributed by atoms with van der Waals surface area (Å²) >= 11 is 0. The summed E-state index contributed by atoms with van der Waals surface area (Å²) in [6, 6.07) is 0.901. The lowest BCUT2D eigenvalue weighted by atomic mass is 9.84. The Morgan fingerprint density at radius 3 is 1.42 bits per heavy atom. The van der Waals surface area contributed by atoms with Crippen LogP contribution in [-0.4, -0.2) is 69.9 Å². The van der Waals surface area contributed by atoms with Crippen LogP contribution < -0.4 is 0 Å². The average Bonchev–Trinajstić information content (AvgIpc) is 3.65. The van der Waals surface area contributed by atoms with Crippen molar-refractivity contribution >= 4 is 11.4 Å². The summed E-state index contributed by atoms with van der Waals surface area (Å²) < 4.78 is 0. The van der Waals surface area contributed by atoms with Gasteiger partial charge in [0, 0.05) is 11.8 Å². The van der Waals surface area contributed by atoms with E-state index in [-0.39, 0.29) is 0 Å². The van der Waals surface area contributed by atoms with Crippen LogP contribution in [0.25, 0.3) is 0 Å². The summed E-state index contributed by atoms with van der Waals surface area (Å²) in [6.07, 6.45) is 17.2. The molecule has 4 aliphatic carbocycles. The molecule has 0 aromatic rings. The maximum atomic E-state index is 9.55. The monoisotopic (exact) mass is 456 g/mol. The normalized spacial score (nSPS) is 42.9. The summed E-state index contributed by atoms with van der Waals surface area (Å²) in [4.78, 5) is 5.31. The Bertz CT molecular complexity index is 691. The van der Waals surface area contributed by atoms with Gasteiger partial charge in [-0.1, -0.05) is 29.6 Å². The standard InChI is InChI=1S/C27H44N4O2/c32-28-24-20-4-6-22(16-20)26(24)30-12-8-18(9-13-30)2-1-3-19-10-14-31(15-11-19)27-23-7-5-21(17-23)25(27)29-33/h18-23,26-27,32-33H,1-17H2/b28-24-,29-25+/t20-,21+,22-,23-,26+,27-/m1/s1. The van der Waals surface area contributed by atoms with Crippen molar-refractivity contribution in [3.63, 3.8) is 0 Å². The fourth-order valence-electron chi connectivity index (χ4n) is 9.10. The number of oxime groups is 2. The lowest BCUT2D eigenvalue weighted by Gasteiger charge is -2.40. The highest BCUT2D eigenvalue weighted by Gasteiger charge is 2.49. The molecule has 6 aliphatic rings. The van der Waals surface area contributed by atoms with Gasteiger partial charge in [-0.05, 0) is 114 Å². The fourth-order valence-corrected chi connectivity index (χ4v) is 9.10. The van der Waals surface area contributed by atoms with E-state index in [1.54, 1.807) is 0 Å². The Morgan fingerprint density at radius 1 is 0.606 bits per heavy atom. The molecule has 2 heterocycles. The molecule has 6 fully saturated rings. The van der Waals surface area contributed by atoms with Crippen molar-refractivity contribution in [3.05, 3.63) is 0 Å². The van der Waals surface area contributed by atoms with Gasteiger partial charge in [0.25, 0.3) is 0 Å². The predicted octanol–water partition coefficient (Wildman–Crippen LogP) is 4.84. The molecule has 4 saturated carbocycles. The first-order chi connectivity index (χ1) is 16.2. The van der Waals surface area contributed by atoms with Crippen molar-refractivity contribution in [2.75, 3.05) is 26.2 Å². The molecular weight excluding hydrogens is 412 g/mol. The van der Waals surface area contributed by atoms with Crippen LogP contribution in [0.1, 0.15) is 83.5 Å². The number of piperidine rings is 2. The predicted molar refractivity (Wildman–Crippen MR) is 130 cm³/mol. The molecule has 0 radical (unpaired) electrons. The summed E-state index contributed by atoms with van der Waals surface area (Å²) in [7, 11) is 0. The van der Waals surface area contributed by atoms with Gasteiger partial charge in [-0.3, -0.25) is 9.80 Å². The summed E-state index contributed by atoms with van der Waals surface area (Å²) in [5.74, 6) is 4.43. The Morgan fingerprint density at radius 2 is 1.03 bits per heavy atom. The number of hydrogen-bond donors (Lipinski definition) is 2. The van der Waals surface area contributed by atoms with Gasteiger partial charge in [-0.2, -0.15) is 0 Å². The third-order valence-electron chi connectivity index (χ3n) is 10.8. The Kier molecular flexibility index (Phi) is 6.42. The molecule has 33 heavy (non-hydrogen) atoms. The number of likely N-dealkylation sites (tertiary alicyclic amines) is 2. The molecule has 6 rings (SSSR count). The van der Waals surface area contributed by atoms with Crippen LogP contribution in [0, 0.1) is 35.5 Å². The van der Waals surface area contributed by atoms with E-state index in [9.17, 15) is 10.4 Å². The van der Waals surface area contributed by atoms with Crippen molar-refractivity contribution in [2.24, 2.45) is 45.8 Å². The SMILES string of the molecule is O/N=C1/[C@@H]2CC[C@H](C2)[C@@H]1N1CCC(CCCC2CCN([C@H]3/C(=N/O)[C@H]4CC[C@@H]3C4)CC2)CC1. The van der Waals surface area contributed by atoms with Gasteiger partial charge in [-0.15, -0.1) is 0 Å². The molecular formula is C27H44N4O2. The minimum Gasteiger partial charge on any atom is -0.411 e. The summed E-state index contributed by atoms with van der Waals surface area (Å²) in [5, 5.41) is 26.6. The molecule has 0 spiro atoms. The van der Waals surface area contributed by atoms with Gasteiger partial charge in [0.1, 0.15) is 0 Å². The van der Waals surface area contributed by atoms with Crippen molar-refractivity contribution in [1.82, 2.24) is 9.80 Å². The molecule has 2 saturated heterocycles. The van der Waals surface area contributed by atoms with E-state index in [2.05, 4.69) is 20.1 Å². The topological polar surface area (TPSA) is 71.7 Å². The molecule has 0 aromatic carbocycles. The molecule has 2 aliphatic heterocycles. The fraction of sp³-hybridized carbons (Fsp3) is 0.926. The van der Waals surface area contributed by atoms with Gasteiger partial charge < -0.3 is 10.4 Å². The van der Waals surface area contributed by atoms with Crippen molar-refractivity contribution < 1.29 is 10.4 Å². The number of fused-ring (bicyclic) bond motifs is 4. The first-order valence-electron chi connectivity index (χ1n) is 14.2. The van der Waals surface area contributed by atoms with E-state index in [0.29, 0.717) is 23.9 Å². The second-order valence-electron chi connectivity index (χ2n) is 12.4. The smallest absolute Gasteiger partial charge is 0.0775 e. The maximum Gasteiger partial charge on any atom is 0.0775 e. The van der Waals surface area contributed by atoms with E-state index < -0.39 is 0 Å². The highest BCUT2D eigenvalue weighted by molar-refractivity contribution is 5.95. The van der Waals surface area contributed by atoms with E-state index in [4.69, 9.17) is 0 Å². The highest BCUT2D eigenvalue weighted by Crippen LogP contribution is 2.47. The lowest BCUT2D eigenvalue weighted by Crippen LogP contribution is -2.48. The summed E-state index contributed by atoms with van der Waals surface area (Å²) in [6.45, 7) is 4.81. The van der Waals surface area contributed by atoms with Crippen LogP contribution >= 0.6 is 0 Å². The number of rotatable bonds is 6. The molecule has 0 amide bonds. The Hall–Kier alpha value is -1.14. The zero-order valence-corrected chi connectivity index (χ0v) is 20.3. The van der Waals surface area contributed by atoms with Gasteiger partial charge in [-0.25, -0.2) is 0 Å². The first kappa shape index (κ1) is 22.3. The zero-order chi connectivity index (χ0) is 22.4. The second kappa shape index (κ2) is 9.49. The highest BCUT2D eigenvalue weighted by atomic mass is 16.4. The Balaban J connectivity index is 0.904. The van der Waals surface area contributed by atoms with Gasteiger partial charge in [0.2, 0.25) is 0 Å². The third-order valence-corrected chi connectivity index (χ3v) is 10.8. The largest absolute Gasteiger partial charge is 0.411 e. The minimum atomic E-state index is 0.450. The molecule has 6 nitrogen and oxygen atoms in total. The van der Waals surface area contributed by atoms with Crippen LogP contribution in [0.2, 0.25) is 0 Å². The first-order valence-corrected chi connectivity index (χ1v) is 14.2. The zero-order valence-electron chi connectivity index (χ0n) is 20.3. The quantitative estimate of drug-likeness (QED) is 0.443. The second-order valence-corrected chi connectivity index (χ2v) is 12.4. The minimum absolute atomic E-state index is 0.450. The molecule has 6 atom stereocenters. The number of nitrogens with zero attached hydrogens (tertiary/aromatic N) is 4. The molecule has 4 bridgehead atoms. The number of hydrogen-bond acceptors (Lipinski definition) is 6. The van der Waals surface area contributed by atoms with Crippen molar-refractivity contribution in [3.8, 4) is 0 Å². The van der Waals surface area contributed by atoms with Crippen molar-refractivity contribution in [2.45, 2.75) is 95.6 Å². The Labute approximate surface area is 199 Å². The molecule has 6 heteroatoms. The molecule has 184 valence electrons. The van der Waals surface area contributed by atoms with E-state index >= 15 is 0 Å². The third kappa shape index (κ3) is 4.13. The van der Waals surface area contributed by atoms with Crippen molar-refractivity contribution in [1.29, 1.82) is 0 Å². The maximum absolute atomic E-state index is 9.55. The van der Waals surface area contributed by atoms with Crippen LogP contribution in [0.4, 0.5) is 0 Å². The van der Waals surface area contributed by atoms with Crippen LogP contribution in [0.3, 0.4) is 0 Å². The van der Waals surface area contributed by atoms with E-state index in [1.165, 1.54) is 110 Å². The van der Waals surface area contributed by atoms with Crippen LogP contribution in [-0.2, 0) is 0 Å². The summed E-state index contributed by atoms with van der Waals surface area (Å²) in [5.41, 5.74) is 2.22.